The van der Waals surface area contributed by atoms with Gasteiger partial charge in [0, 0.05) is 38.8 Å². The first-order chi connectivity index (χ1) is 10.7. The summed E-state index contributed by atoms with van der Waals surface area (Å²) in [6, 6.07) is 3.90. The highest BCUT2D eigenvalue weighted by Crippen LogP contribution is 2.28. The van der Waals surface area contributed by atoms with Gasteiger partial charge in [-0.15, -0.1) is 0 Å². The van der Waals surface area contributed by atoms with E-state index in [2.05, 4.69) is 11.1 Å². The molecular formula is C15H22N4O3S. The molecular weight excluding hydrogens is 316 g/mol. The van der Waals surface area contributed by atoms with Crippen LogP contribution >= 0.6 is 0 Å². The molecule has 2 rings (SSSR count). The van der Waals surface area contributed by atoms with E-state index in [9.17, 15) is 18.8 Å². The Balaban J connectivity index is 2.26. The number of pyridine rings is 1. The van der Waals surface area contributed by atoms with Gasteiger partial charge in [0.15, 0.2) is 0 Å². The minimum absolute atomic E-state index is 0.121. The molecule has 126 valence electrons. The van der Waals surface area contributed by atoms with Crippen molar-refractivity contribution in [3.63, 3.8) is 0 Å². The number of aliphatic hydroxyl groups excluding tert-OH is 1. The fourth-order valence-electron chi connectivity index (χ4n) is 2.63. The molecule has 1 aromatic heterocycles. The summed E-state index contributed by atoms with van der Waals surface area (Å²) in [5.74, 6) is -0.0125. The third-order valence-corrected chi connectivity index (χ3v) is 6.22. The minimum atomic E-state index is -3.39. The summed E-state index contributed by atoms with van der Waals surface area (Å²) in [5.41, 5.74) is 2.19. The molecule has 0 amide bonds. The van der Waals surface area contributed by atoms with Gasteiger partial charge in [-0.05, 0) is 25.5 Å². The molecule has 0 saturated carbocycles. The number of anilines is 1. The number of β-amino-alcohol motifs (C(OH)–C–C–N with tert-alkyl or cyclic N) is 1. The molecule has 1 aromatic rings. The molecule has 0 radical (unpaired) electrons. The van der Waals surface area contributed by atoms with Crippen molar-refractivity contribution in [1.29, 1.82) is 5.26 Å². The van der Waals surface area contributed by atoms with Gasteiger partial charge in [-0.2, -0.15) is 5.26 Å². The zero-order valence-electron chi connectivity index (χ0n) is 13.8. The standard InChI is InChI=1S/C15H22N4O3S/c1-10-5-12(6-16)15(17-11(10)2)19-7-13(14(20)8-19)9-23(21,22)18(3)4/h5,13-14,20H,7-9H2,1-4H3/t13-,14+/m0/s1. The Morgan fingerprint density at radius 2 is 2.09 bits per heavy atom. The third kappa shape index (κ3) is 3.63. The van der Waals surface area contributed by atoms with Crippen LogP contribution in [0.5, 0.6) is 0 Å². The number of nitriles is 1. The highest BCUT2D eigenvalue weighted by molar-refractivity contribution is 7.89. The van der Waals surface area contributed by atoms with Crippen molar-refractivity contribution >= 4 is 15.8 Å². The van der Waals surface area contributed by atoms with E-state index in [1.54, 1.807) is 11.0 Å². The minimum Gasteiger partial charge on any atom is -0.391 e. The molecule has 0 unspecified atom stereocenters. The molecule has 1 saturated heterocycles. The van der Waals surface area contributed by atoms with Gasteiger partial charge in [-0.3, -0.25) is 0 Å². The highest BCUT2D eigenvalue weighted by atomic mass is 32.2. The molecule has 0 aromatic carbocycles. The van der Waals surface area contributed by atoms with Crippen LogP contribution in [0.25, 0.3) is 0 Å². The predicted molar refractivity (Wildman–Crippen MR) is 87.6 cm³/mol. The normalized spacial score (nSPS) is 21.7. The van der Waals surface area contributed by atoms with E-state index in [0.29, 0.717) is 17.9 Å². The Morgan fingerprint density at radius 1 is 1.43 bits per heavy atom. The van der Waals surface area contributed by atoms with Crippen LogP contribution in [0.1, 0.15) is 16.8 Å². The first-order valence-electron chi connectivity index (χ1n) is 7.37. The quantitative estimate of drug-likeness (QED) is 0.846. The average molecular weight is 338 g/mol. The molecule has 7 nitrogen and oxygen atoms in total. The summed E-state index contributed by atoms with van der Waals surface area (Å²) in [6.45, 7) is 4.38. The monoisotopic (exact) mass is 338 g/mol. The van der Waals surface area contributed by atoms with E-state index in [1.807, 2.05) is 13.8 Å². The van der Waals surface area contributed by atoms with E-state index in [1.165, 1.54) is 14.1 Å². The molecule has 23 heavy (non-hydrogen) atoms. The highest BCUT2D eigenvalue weighted by Gasteiger charge is 2.36. The number of sulfonamides is 1. The van der Waals surface area contributed by atoms with Crippen LogP contribution in [0.3, 0.4) is 0 Å². The Kier molecular flexibility index (Phi) is 4.94. The summed E-state index contributed by atoms with van der Waals surface area (Å²) in [4.78, 5) is 6.26. The number of hydrogen-bond donors (Lipinski definition) is 1. The fourth-order valence-corrected chi connectivity index (χ4v) is 3.79. The molecule has 2 heterocycles. The van der Waals surface area contributed by atoms with Crippen molar-refractivity contribution in [2.24, 2.45) is 5.92 Å². The largest absolute Gasteiger partial charge is 0.391 e. The number of aliphatic hydroxyl groups is 1. The van der Waals surface area contributed by atoms with Crippen LogP contribution in [0, 0.1) is 31.1 Å². The van der Waals surface area contributed by atoms with Crippen molar-refractivity contribution in [3.05, 3.63) is 22.9 Å². The second-order valence-electron chi connectivity index (χ2n) is 6.17. The van der Waals surface area contributed by atoms with E-state index in [0.717, 1.165) is 15.6 Å². The molecule has 0 spiro atoms. The van der Waals surface area contributed by atoms with Gasteiger partial charge in [0.1, 0.15) is 11.9 Å². The van der Waals surface area contributed by atoms with Crippen LogP contribution in [-0.4, -0.2) is 61.9 Å². The first kappa shape index (κ1) is 17.7. The number of aryl methyl sites for hydroxylation is 2. The fraction of sp³-hybridized carbons (Fsp3) is 0.600. The van der Waals surface area contributed by atoms with Crippen LogP contribution in [-0.2, 0) is 10.0 Å². The second kappa shape index (κ2) is 6.43. The Bertz CT molecular complexity index is 740. The molecule has 1 aliphatic heterocycles. The smallest absolute Gasteiger partial charge is 0.214 e. The van der Waals surface area contributed by atoms with Crippen molar-refractivity contribution in [2.45, 2.75) is 20.0 Å². The topological polar surface area (TPSA) is 97.5 Å². The van der Waals surface area contributed by atoms with Gasteiger partial charge < -0.3 is 10.0 Å². The summed E-state index contributed by atoms with van der Waals surface area (Å²) in [6.07, 6.45) is -0.764. The SMILES string of the molecule is Cc1cc(C#N)c(N2C[C@@H](CS(=O)(=O)N(C)C)[C@H](O)C2)nc1C. The van der Waals surface area contributed by atoms with Gasteiger partial charge in [0.2, 0.25) is 10.0 Å². The lowest BCUT2D eigenvalue weighted by molar-refractivity contribution is 0.157. The zero-order chi connectivity index (χ0) is 17.4. The Hall–Kier alpha value is -1.69. The van der Waals surface area contributed by atoms with Gasteiger partial charge in [-0.25, -0.2) is 17.7 Å². The second-order valence-corrected chi connectivity index (χ2v) is 8.39. The summed E-state index contributed by atoms with van der Waals surface area (Å²) in [7, 11) is -0.431. The molecule has 0 aliphatic carbocycles. The van der Waals surface area contributed by atoms with Gasteiger partial charge in [0.05, 0.1) is 17.4 Å². The van der Waals surface area contributed by atoms with E-state index < -0.39 is 22.0 Å². The van der Waals surface area contributed by atoms with Gasteiger partial charge in [-0.1, -0.05) is 0 Å². The average Bonchev–Trinajstić information content (AvgIpc) is 2.81. The lowest BCUT2D eigenvalue weighted by Gasteiger charge is -2.20. The maximum absolute atomic E-state index is 12.0. The van der Waals surface area contributed by atoms with Crippen molar-refractivity contribution in [1.82, 2.24) is 9.29 Å². The predicted octanol–water partition coefficient (Wildman–Crippen LogP) is 0.259. The maximum Gasteiger partial charge on any atom is 0.214 e. The summed E-state index contributed by atoms with van der Waals surface area (Å²) < 4.78 is 25.2. The van der Waals surface area contributed by atoms with E-state index >= 15 is 0 Å². The maximum atomic E-state index is 12.0. The number of aromatic nitrogens is 1. The number of hydrogen-bond acceptors (Lipinski definition) is 6. The van der Waals surface area contributed by atoms with E-state index in [-0.39, 0.29) is 12.3 Å². The van der Waals surface area contributed by atoms with Crippen LogP contribution in [0.2, 0.25) is 0 Å². The van der Waals surface area contributed by atoms with Gasteiger partial charge in [0.25, 0.3) is 0 Å². The molecule has 1 aliphatic rings. The molecule has 8 heteroatoms. The Labute approximate surface area is 137 Å². The van der Waals surface area contributed by atoms with Crippen molar-refractivity contribution in [2.75, 3.05) is 37.8 Å². The molecule has 1 N–H and O–H groups in total. The molecule has 0 bridgehead atoms. The number of nitrogens with zero attached hydrogens (tertiary/aromatic N) is 4. The van der Waals surface area contributed by atoms with Crippen molar-refractivity contribution in [3.8, 4) is 6.07 Å². The van der Waals surface area contributed by atoms with Crippen LogP contribution < -0.4 is 4.90 Å². The Morgan fingerprint density at radius 3 is 2.65 bits per heavy atom. The van der Waals surface area contributed by atoms with E-state index in [4.69, 9.17) is 0 Å². The molecule has 1 fully saturated rings. The third-order valence-electron chi connectivity index (χ3n) is 4.25. The van der Waals surface area contributed by atoms with Crippen LogP contribution in [0.15, 0.2) is 6.07 Å². The number of rotatable bonds is 4. The summed E-state index contributed by atoms with van der Waals surface area (Å²) in [5, 5.41) is 19.5. The lowest BCUT2D eigenvalue weighted by Crippen LogP contribution is -2.33. The lowest BCUT2D eigenvalue weighted by atomic mass is 10.1. The zero-order valence-corrected chi connectivity index (χ0v) is 14.6. The van der Waals surface area contributed by atoms with Gasteiger partial charge >= 0.3 is 0 Å². The van der Waals surface area contributed by atoms with Crippen molar-refractivity contribution < 1.29 is 13.5 Å². The van der Waals surface area contributed by atoms with Crippen LogP contribution in [0.4, 0.5) is 5.82 Å². The summed E-state index contributed by atoms with van der Waals surface area (Å²) >= 11 is 0. The molecule has 2 atom stereocenters. The first-order valence-corrected chi connectivity index (χ1v) is 8.98.